The number of carbonyl (C=O) groups excluding carboxylic acids is 3. The Morgan fingerprint density at radius 3 is 1.01 bits per heavy atom. The zero-order valence-electron chi connectivity index (χ0n) is 46.1. The molecular weight excluding hydrogens is 1310 g/mol. The maximum atomic E-state index is 13.9. The number of nitrogens with zero attached hydrogens (tertiary/aromatic N) is 6. The van der Waals surface area contributed by atoms with Gasteiger partial charge in [0, 0.05) is 109 Å². The molecule has 3 aliphatic rings. The maximum Gasteiger partial charge on any atom is 0.255 e. The molecule has 38 heteroatoms. The van der Waals surface area contributed by atoms with Crippen LogP contribution in [0.25, 0.3) is 33.1 Å². The second-order valence-electron chi connectivity index (χ2n) is 20.6. The fraction of sp³-hybridized carbons (Fsp3) is 0.222. The molecule has 6 aromatic carbocycles. The number of benzene rings is 6. The van der Waals surface area contributed by atoms with Crippen LogP contribution in [0.3, 0.4) is 0 Å². The second kappa shape index (κ2) is 25.6. The number of β-amino-alcohol motifs (C(OH)–C–C–N with tert-alkyl or cyclic N) is 2. The molecular formula is C54H43F11N12O12S3. The maximum absolute atomic E-state index is 13.9. The molecule has 24 nitrogen and oxygen atoms in total. The Kier molecular flexibility index (Phi) is 18.3. The number of piperidine rings is 1. The molecule has 0 aliphatic carbocycles. The fourth-order valence-electron chi connectivity index (χ4n) is 9.55. The van der Waals surface area contributed by atoms with Crippen molar-refractivity contribution in [1.29, 1.82) is 0 Å². The topological polar surface area (TPSA) is 346 Å². The summed E-state index contributed by atoms with van der Waals surface area (Å²) in [5, 5.41) is 35.0. The summed E-state index contributed by atoms with van der Waals surface area (Å²) in [6, 6.07) is 10.4. The summed E-state index contributed by atoms with van der Waals surface area (Å²) in [4.78, 5) is 56.6. The highest BCUT2D eigenvalue weighted by Crippen LogP contribution is 2.33. The van der Waals surface area contributed by atoms with Gasteiger partial charge in [-0.05, 0) is 42.8 Å². The van der Waals surface area contributed by atoms with Crippen molar-refractivity contribution < 1.29 is 103 Å². The van der Waals surface area contributed by atoms with Crippen molar-refractivity contribution in [3.05, 3.63) is 161 Å². The van der Waals surface area contributed by atoms with E-state index in [0.717, 1.165) is 31.1 Å². The van der Waals surface area contributed by atoms with E-state index in [1.54, 1.807) is 0 Å². The molecule has 4 atom stereocenters. The number of rotatable bonds is 12. The van der Waals surface area contributed by atoms with E-state index in [1.807, 2.05) is 0 Å². The third-order valence-corrected chi connectivity index (χ3v) is 19.9. The zero-order valence-corrected chi connectivity index (χ0v) is 48.5. The van der Waals surface area contributed by atoms with Crippen molar-refractivity contribution in [2.75, 3.05) is 55.2 Å². The van der Waals surface area contributed by atoms with Crippen LogP contribution in [0.1, 0.15) is 37.5 Å². The van der Waals surface area contributed by atoms with E-state index in [9.17, 15) is 103 Å². The van der Waals surface area contributed by atoms with Gasteiger partial charge in [-0.2, -0.15) is 12.9 Å². The Hall–Kier alpha value is -9.02. The van der Waals surface area contributed by atoms with Crippen LogP contribution in [0.4, 0.5) is 65.4 Å². The molecule has 0 bridgehead atoms. The standard InChI is InChI=1S/C19H16F4N4O4S.C18H14F4N4O4S.C17H13F3N4O4S/c20-11-5-10(6-12(21)17(11)23)26-19(29)9-3-14-18(25-8-24-14)16(4-9)32(30,31)27-2-1-15(28)13(22)7-27;19-10-3-9(4-11(20)16(10)22)25-18(28)8-1-13-17(24-7-23-13)15(2-8)31(29,30)26-5-12(21)14(27)6-26;18-11-3-9(4-12(19)15(11)20)23-17(26)8-1-13-16(22-7-21-13)14(2-8)29(27,28)24-5-10(25)6-24/h3-6,8,13,15,28H,1-2,7H2,(H,24,25)(H,26,29);1-4,7,12,14,27H,5-6H2,(H,23,24)(H,25,28);1-4,7,10,25H,5-6H2,(H,21,22)(H,23,26). The lowest BCUT2D eigenvalue weighted by Gasteiger charge is -2.34. The predicted octanol–water partition coefficient (Wildman–Crippen LogP) is 5.86. The number of aromatic amines is 3. The highest BCUT2D eigenvalue weighted by Gasteiger charge is 2.41. The Morgan fingerprint density at radius 1 is 0.424 bits per heavy atom. The molecule has 0 radical (unpaired) electrons. The molecule has 3 aromatic heterocycles. The number of aromatic nitrogens is 6. The Balaban J connectivity index is 0.000000151. The summed E-state index contributed by atoms with van der Waals surface area (Å²) >= 11 is 0. The molecule has 3 aliphatic heterocycles. The van der Waals surface area contributed by atoms with Gasteiger partial charge in [0.2, 0.25) is 30.1 Å². The van der Waals surface area contributed by atoms with E-state index in [4.69, 9.17) is 0 Å². The lowest BCUT2D eigenvalue weighted by molar-refractivity contribution is 0.0303. The summed E-state index contributed by atoms with van der Waals surface area (Å²) in [5.74, 6) is -16.8. The molecule has 0 saturated carbocycles. The van der Waals surface area contributed by atoms with E-state index in [-0.39, 0.29) is 97.0 Å². The van der Waals surface area contributed by atoms with Gasteiger partial charge in [0.1, 0.15) is 49.7 Å². The second-order valence-corrected chi connectivity index (χ2v) is 26.3. The van der Waals surface area contributed by atoms with E-state index >= 15 is 0 Å². The molecule has 3 amide bonds. The molecule has 486 valence electrons. The van der Waals surface area contributed by atoms with Gasteiger partial charge in [0.05, 0.1) is 47.7 Å². The molecule has 0 spiro atoms. The number of imidazole rings is 3. The quantitative estimate of drug-likeness (QED) is 0.0511. The van der Waals surface area contributed by atoms with E-state index < -0.39 is 161 Å². The van der Waals surface area contributed by atoms with Crippen LogP contribution >= 0.6 is 0 Å². The SMILES string of the molecule is O=C(Nc1cc(F)c(F)c(F)c1)c1cc(S(=O)(=O)N2CC(O)C(F)C2)c2nc[nH]c2c1.O=C(Nc1cc(F)c(F)c(F)c1)c1cc(S(=O)(=O)N2CC(O)C2)c2nc[nH]c2c1.O=C(Nc1cc(F)c(F)c(F)c1)c1cc(S(=O)(=O)N2CCC(O)C(F)C2)c2nc[nH]c2c1. The lowest BCUT2D eigenvalue weighted by Crippen LogP contribution is -2.53. The number of halogens is 11. The minimum Gasteiger partial charge on any atom is -0.390 e. The minimum atomic E-state index is -4.35. The van der Waals surface area contributed by atoms with Crippen molar-refractivity contribution >= 4 is 98.0 Å². The molecule has 6 heterocycles. The molecule has 4 unspecified atom stereocenters. The third-order valence-electron chi connectivity index (χ3n) is 14.3. The van der Waals surface area contributed by atoms with Gasteiger partial charge in [-0.15, -0.1) is 0 Å². The van der Waals surface area contributed by atoms with Crippen LogP contribution in [0.15, 0.2) is 106 Å². The Bertz CT molecular complexity index is 4710. The van der Waals surface area contributed by atoms with Gasteiger partial charge in [-0.25, -0.2) is 88.5 Å². The summed E-state index contributed by atoms with van der Waals surface area (Å²) in [6.07, 6.45) is -3.54. The average molecular weight is 1360 g/mol. The Labute approximate surface area is 509 Å². The van der Waals surface area contributed by atoms with E-state index in [0.29, 0.717) is 36.4 Å². The van der Waals surface area contributed by atoms with Gasteiger partial charge in [0.25, 0.3) is 17.7 Å². The highest BCUT2D eigenvalue weighted by molar-refractivity contribution is 7.90. The molecule has 92 heavy (non-hydrogen) atoms. The number of amides is 3. The average Bonchev–Trinajstić information content (AvgIpc) is 1.37. The smallest absolute Gasteiger partial charge is 0.255 e. The molecule has 9 N–H and O–H groups in total. The summed E-state index contributed by atoms with van der Waals surface area (Å²) in [6.45, 7) is -1.92. The molecule has 12 rings (SSSR count). The van der Waals surface area contributed by atoms with Crippen LogP contribution in [-0.2, 0) is 30.1 Å². The number of nitrogens with one attached hydrogen (secondary N) is 6. The first kappa shape index (κ1) is 65.9. The number of aliphatic hydroxyl groups is 3. The number of hydrogen-bond donors (Lipinski definition) is 9. The number of carbonyl (C=O) groups is 3. The number of anilines is 3. The minimum absolute atomic E-state index is 0.00181. The van der Waals surface area contributed by atoms with E-state index in [2.05, 4.69) is 45.9 Å². The van der Waals surface area contributed by atoms with Crippen LogP contribution in [-0.4, -0.2) is 171 Å². The highest BCUT2D eigenvalue weighted by atomic mass is 32.2. The number of sulfonamides is 3. The monoisotopic (exact) mass is 1360 g/mol. The van der Waals surface area contributed by atoms with Crippen molar-refractivity contribution in [3.63, 3.8) is 0 Å². The normalized spacial score (nSPS) is 18.5. The van der Waals surface area contributed by atoms with Crippen LogP contribution in [0.2, 0.25) is 0 Å². The summed E-state index contributed by atoms with van der Waals surface area (Å²) in [5.41, 5.74) is -1.04. The van der Waals surface area contributed by atoms with Gasteiger partial charge in [0.15, 0.2) is 52.4 Å². The van der Waals surface area contributed by atoms with Gasteiger partial charge in [-0.3, -0.25) is 14.4 Å². The first-order valence-corrected chi connectivity index (χ1v) is 30.8. The van der Waals surface area contributed by atoms with Gasteiger partial charge < -0.3 is 46.2 Å². The zero-order chi connectivity index (χ0) is 66.6. The van der Waals surface area contributed by atoms with Gasteiger partial charge in [-0.1, -0.05) is 0 Å². The summed E-state index contributed by atoms with van der Waals surface area (Å²) in [7, 11) is -12.7. The first-order chi connectivity index (χ1) is 43.3. The number of alkyl halides is 2. The van der Waals surface area contributed by atoms with Crippen LogP contribution in [0, 0.1) is 52.4 Å². The van der Waals surface area contributed by atoms with Crippen molar-refractivity contribution in [2.24, 2.45) is 0 Å². The number of H-pyrrole nitrogens is 3. The summed E-state index contributed by atoms with van der Waals surface area (Å²) < 4.78 is 228. The first-order valence-electron chi connectivity index (χ1n) is 26.4. The third kappa shape index (κ3) is 13.2. The van der Waals surface area contributed by atoms with Crippen LogP contribution < -0.4 is 16.0 Å². The van der Waals surface area contributed by atoms with Crippen LogP contribution in [0.5, 0.6) is 0 Å². The largest absolute Gasteiger partial charge is 0.390 e. The van der Waals surface area contributed by atoms with Crippen molar-refractivity contribution in [3.8, 4) is 0 Å². The number of aliphatic hydroxyl groups excluding tert-OH is 3. The molecule has 3 saturated heterocycles. The molecule has 9 aromatic rings. The lowest BCUT2D eigenvalue weighted by atomic mass is 10.1. The van der Waals surface area contributed by atoms with E-state index in [1.165, 1.54) is 37.2 Å². The fourth-order valence-corrected chi connectivity index (χ4v) is 14.5. The van der Waals surface area contributed by atoms with Crippen molar-refractivity contribution in [2.45, 2.75) is 51.8 Å². The van der Waals surface area contributed by atoms with Gasteiger partial charge >= 0.3 is 0 Å². The molecule has 3 fully saturated rings. The van der Waals surface area contributed by atoms with Crippen molar-refractivity contribution in [1.82, 2.24) is 42.8 Å². The Morgan fingerprint density at radius 2 is 0.717 bits per heavy atom. The predicted molar refractivity (Wildman–Crippen MR) is 300 cm³/mol. The number of fused-ring (bicyclic) bond motifs is 3. The number of hydrogen-bond acceptors (Lipinski definition) is 15.